The first-order chi connectivity index (χ1) is 10.7. The Kier molecular flexibility index (Phi) is 4.17. The monoisotopic (exact) mass is 310 g/mol. The van der Waals surface area contributed by atoms with Gasteiger partial charge in [-0.25, -0.2) is 4.99 Å². The number of nitrogens with zero attached hydrogens (tertiary/aromatic N) is 2. The second kappa shape index (κ2) is 6.10. The van der Waals surface area contributed by atoms with Gasteiger partial charge in [0.1, 0.15) is 5.92 Å². The molecule has 0 saturated heterocycles. The van der Waals surface area contributed by atoms with Crippen LogP contribution in [0, 0.1) is 24.2 Å². The molecule has 0 bridgehead atoms. The van der Waals surface area contributed by atoms with Gasteiger partial charge in [-0.15, -0.1) is 11.8 Å². The van der Waals surface area contributed by atoms with E-state index in [4.69, 9.17) is 0 Å². The van der Waals surface area contributed by atoms with Gasteiger partial charge in [-0.2, -0.15) is 5.26 Å². The van der Waals surface area contributed by atoms with Crippen molar-refractivity contribution in [3.63, 3.8) is 0 Å². The van der Waals surface area contributed by atoms with Crippen LogP contribution in [0.4, 0.5) is 0 Å². The fourth-order valence-corrected chi connectivity index (χ4v) is 3.91. The zero-order valence-corrected chi connectivity index (χ0v) is 13.6. The molecule has 0 spiro atoms. The number of aliphatic imine (C=N–C) groups is 1. The highest BCUT2D eigenvalue weighted by molar-refractivity contribution is 8.13. The Balaban J connectivity index is 2.17. The normalized spacial score (nSPS) is 24.6. The number of hydrogen-bond acceptors (Lipinski definition) is 4. The highest BCUT2D eigenvalue weighted by atomic mass is 32.2. The largest absolute Gasteiger partial charge is 0.294 e. The van der Waals surface area contributed by atoms with Gasteiger partial charge in [-0.1, -0.05) is 29.8 Å². The molecule has 0 aromatic heterocycles. The molecule has 1 aromatic carbocycles. The van der Waals surface area contributed by atoms with Crippen LogP contribution >= 0.6 is 11.8 Å². The van der Waals surface area contributed by atoms with Crippen LogP contribution in [-0.4, -0.2) is 17.1 Å². The molecule has 2 aliphatic rings. The van der Waals surface area contributed by atoms with Crippen molar-refractivity contribution in [1.29, 1.82) is 5.26 Å². The highest BCUT2D eigenvalue weighted by Crippen LogP contribution is 2.44. The SMILES string of the molecule is CSC1=NC2=C(C(=O)CCC2)[C@H](c2ccc(C)cc2)C1C#N. The van der Waals surface area contributed by atoms with Crippen molar-refractivity contribution in [2.24, 2.45) is 10.9 Å². The van der Waals surface area contributed by atoms with E-state index in [2.05, 4.69) is 11.1 Å². The highest BCUT2D eigenvalue weighted by Gasteiger charge is 2.39. The summed E-state index contributed by atoms with van der Waals surface area (Å²) in [6.45, 7) is 2.04. The van der Waals surface area contributed by atoms with Gasteiger partial charge in [0.05, 0.1) is 11.1 Å². The van der Waals surface area contributed by atoms with Crippen molar-refractivity contribution in [1.82, 2.24) is 0 Å². The van der Waals surface area contributed by atoms with E-state index in [9.17, 15) is 10.1 Å². The summed E-state index contributed by atoms with van der Waals surface area (Å²) in [5, 5.41) is 10.5. The first-order valence-corrected chi connectivity index (χ1v) is 8.73. The standard InChI is InChI=1S/C18H18N2OS/c1-11-6-8-12(9-7-11)16-13(10-19)18(22-2)20-14-4-3-5-15(21)17(14)16/h6-9,13,16H,3-5H2,1-2H3/t13?,16-/m1/s1. The Morgan fingerprint density at radius 2 is 2.00 bits per heavy atom. The molecule has 1 unspecified atom stereocenters. The summed E-state index contributed by atoms with van der Waals surface area (Å²) in [7, 11) is 0. The molecule has 2 atom stereocenters. The zero-order valence-electron chi connectivity index (χ0n) is 12.8. The quantitative estimate of drug-likeness (QED) is 0.787. The molecule has 3 rings (SSSR count). The molecule has 22 heavy (non-hydrogen) atoms. The van der Waals surface area contributed by atoms with E-state index in [1.165, 1.54) is 17.3 Å². The Hall–Kier alpha value is -1.86. The predicted molar refractivity (Wildman–Crippen MR) is 89.9 cm³/mol. The first-order valence-electron chi connectivity index (χ1n) is 7.50. The third-order valence-electron chi connectivity index (χ3n) is 4.37. The summed E-state index contributed by atoms with van der Waals surface area (Å²) in [6, 6.07) is 10.6. The fraction of sp³-hybridized carbons (Fsp3) is 0.389. The molecule has 1 aliphatic carbocycles. The average Bonchev–Trinajstić information content (AvgIpc) is 2.54. The Bertz CT molecular complexity index is 710. The Morgan fingerprint density at radius 3 is 2.64 bits per heavy atom. The summed E-state index contributed by atoms with van der Waals surface area (Å²) in [4.78, 5) is 17.1. The molecule has 4 heteroatoms. The molecule has 0 saturated carbocycles. The average molecular weight is 310 g/mol. The van der Waals surface area contributed by atoms with Crippen molar-refractivity contribution in [3.8, 4) is 6.07 Å². The number of benzene rings is 1. The van der Waals surface area contributed by atoms with Gasteiger partial charge < -0.3 is 0 Å². The number of carbonyl (C=O) groups excluding carboxylic acids is 1. The molecular formula is C18H18N2OS. The van der Waals surface area contributed by atoms with Crippen LogP contribution in [0.5, 0.6) is 0 Å². The number of nitriles is 1. The van der Waals surface area contributed by atoms with Gasteiger partial charge in [0.25, 0.3) is 0 Å². The van der Waals surface area contributed by atoms with Crippen molar-refractivity contribution in [2.45, 2.75) is 32.1 Å². The summed E-state index contributed by atoms with van der Waals surface area (Å²) < 4.78 is 0. The molecule has 1 heterocycles. The van der Waals surface area contributed by atoms with E-state index >= 15 is 0 Å². The lowest BCUT2D eigenvalue weighted by atomic mass is 9.74. The molecule has 0 radical (unpaired) electrons. The van der Waals surface area contributed by atoms with E-state index in [0.29, 0.717) is 6.42 Å². The molecule has 112 valence electrons. The number of hydrogen-bond donors (Lipinski definition) is 0. The maximum absolute atomic E-state index is 12.5. The van der Waals surface area contributed by atoms with E-state index in [-0.39, 0.29) is 17.6 Å². The van der Waals surface area contributed by atoms with E-state index in [1.54, 1.807) is 0 Å². The van der Waals surface area contributed by atoms with Crippen molar-refractivity contribution < 1.29 is 4.79 Å². The van der Waals surface area contributed by atoms with Crippen molar-refractivity contribution in [3.05, 3.63) is 46.7 Å². The van der Waals surface area contributed by atoms with Gasteiger partial charge in [-0.3, -0.25) is 4.79 Å². The van der Waals surface area contributed by atoms with Crippen LogP contribution in [0.2, 0.25) is 0 Å². The number of allylic oxidation sites excluding steroid dienone is 2. The Labute approximate surface area is 135 Å². The minimum Gasteiger partial charge on any atom is -0.294 e. The summed E-state index contributed by atoms with van der Waals surface area (Å²) >= 11 is 1.52. The molecule has 1 aliphatic heterocycles. The smallest absolute Gasteiger partial charge is 0.161 e. The Morgan fingerprint density at radius 1 is 1.27 bits per heavy atom. The molecule has 1 aromatic rings. The first kappa shape index (κ1) is 15.1. The van der Waals surface area contributed by atoms with Crippen LogP contribution in [-0.2, 0) is 4.79 Å². The lowest BCUT2D eigenvalue weighted by Crippen LogP contribution is -2.30. The number of Topliss-reactive ketones (excluding diaryl/α,β-unsaturated/α-hetero) is 1. The summed E-state index contributed by atoms with van der Waals surface area (Å²) in [5.74, 6) is -0.372. The third kappa shape index (κ3) is 2.50. The van der Waals surface area contributed by atoms with E-state index in [1.807, 2.05) is 37.4 Å². The van der Waals surface area contributed by atoms with Crippen molar-refractivity contribution in [2.75, 3.05) is 6.26 Å². The summed E-state index contributed by atoms with van der Waals surface area (Å²) in [5.41, 5.74) is 3.90. The topological polar surface area (TPSA) is 53.2 Å². The van der Waals surface area contributed by atoms with Gasteiger partial charge in [-0.05, 0) is 31.6 Å². The van der Waals surface area contributed by atoms with Gasteiger partial charge in [0.15, 0.2) is 5.78 Å². The number of carbonyl (C=O) groups is 1. The van der Waals surface area contributed by atoms with E-state index in [0.717, 1.165) is 34.7 Å². The summed E-state index contributed by atoms with van der Waals surface area (Å²) in [6.07, 6.45) is 4.22. The van der Waals surface area contributed by atoms with Gasteiger partial charge in [0.2, 0.25) is 0 Å². The van der Waals surface area contributed by atoms with Gasteiger partial charge >= 0.3 is 0 Å². The number of aryl methyl sites for hydroxylation is 1. The van der Waals surface area contributed by atoms with Crippen LogP contribution in [0.1, 0.15) is 36.3 Å². The van der Waals surface area contributed by atoms with Crippen LogP contribution in [0.3, 0.4) is 0 Å². The van der Waals surface area contributed by atoms with Crippen LogP contribution in [0.15, 0.2) is 40.5 Å². The number of thioether (sulfide) groups is 1. The lowest BCUT2D eigenvalue weighted by molar-refractivity contribution is -0.116. The van der Waals surface area contributed by atoms with Crippen LogP contribution < -0.4 is 0 Å². The third-order valence-corrected chi connectivity index (χ3v) is 5.13. The maximum atomic E-state index is 12.5. The predicted octanol–water partition coefficient (Wildman–Crippen LogP) is 4.00. The maximum Gasteiger partial charge on any atom is 0.161 e. The van der Waals surface area contributed by atoms with Gasteiger partial charge in [0, 0.05) is 23.6 Å². The zero-order chi connectivity index (χ0) is 15.7. The minimum absolute atomic E-state index is 0.163. The van der Waals surface area contributed by atoms with E-state index < -0.39 is 0 Å². The molecule has 0 N–H and O–H groups in total. The molecule has 0 amide bonds. The fourth-order valence-electron chi connectivity index (χ4n) is 3.26. The number of rotatable bonds is 1. The molecule has 3 nitrogen and oxygen atoms in total. The molecule has 0 fully saturated rings. The molecular weight excluding hydrogens is 292 g/mol. The van der Waals surface area contributed by atoms with Crippen LogP contribution in [0.25, 0.3) is 0 Å². The minimum atomic E-state index is -0.362. The lowest BCUT2D eigenvalue weighted by Gasteiger charge is -2.32. The number of ketones is 1. The second-order valence-corrected chi connectivity index (χ2v) is 6.61. The van der Waals surface area contributed by atoms with Crippen molar-refractivity contribution >= 4 is 22.6 Å². The second-order valence-electron chi connectivity index (χ2n) is 5.79.